The normalized spacial score (nSPS) is 36.7. The number of aliphatic hydroxyl groups excluding tert-OH is 1. The van der Waals surface area contributed by atoms with Gasteiger partial charge < -0.3 is 10.4 Å². The fourth-order valence-corrected chi connectivity index (χ4v) is 1.28. The molecule has 1 radical (unpaired) electrons. The Kier molecular flexibility index (Phi) is 2.49. The Bertz CT molecular complexity index is 77.0. The van der Waals surface area contributed by atoms with Gasteiger partial charge in [-0.2, -0.15) is 0 Å². The van der Waals surface area contributed by atoms with Crippen molar-refractivity contribution in [3.8, 4) is 0 Å². The Balaban J connectivity index is 2.18. The first-order valence-corrected chi connectivity index (χ1v) is 3.53. The van der Waals surface area contributed by atoms with Gasteiger partial charge >= 0.3 is 0 Å². The van der Waals surface area contributed by atoms with Crippen molar-refractivity contribution in [2.75, 3.05) is 0 Å². The fraction of sp³-hybridized carbons (Fsp3) is 0.857. The van der Waals surface area contributed by atoms with Crippen molar-refractivity contribution >= 4 is 0 Å². The minimum absolute atomic E-state index is 0.0467. The summed E-state index contributed by atoms with van der Waals surface area (Å²) < 4.78 is 0. The van der Waals surface area contributed by atoms with Gasteiger partial charge in [-0.15, -0.1) is 0 Å². The summed E-state index contributed by atoms with van der Waals surface area (Å²) in [7, 11) is 3.60. The second kappa shape index (κ2) is 3.18. The van der Waals surface area contributed by atoms with Gasteiger partial charge in [-0.3, -0.25) is 0 Å². The highest BCUT2D eigenvalue weighted by molar-refractivity contribution is 4.75. The molecule has 0 aromatic rings. The lowest BCUT2D eigenvalue weighted by molar-refractivity contribution is 0.119. The van der Waals surface area contributed by atoms with E-state index in [1.807, 2.05) is 0 Å². The van der Waals surface area contributed by atoms with E-state index in [2.05, 4.69) is 12.4 Å². The van der Waals surface area contributed by atoms with Crippen molar-refractivity contribution in [3.63, 3.8) is 0 Å². The third-order valence-electron chi connectivity index (χ3n) is 1.99. The van der Waals surface area contributed by atoms with Crippen LogP contribution in [-0.4, -0.2) is 17.3 Å². The topological polar surface area (TPSA) is 32.3 Å². The molecule has 1 aliphatic rings. The molecule has 0 aliphatic heterocycles. The number of rotatable bonds is 1. The van der Waals surface area contributed by atoms with Gasteiger partial charge in [0, 0.05) is 13.1 Å². The molecule has 1 saturated carbocycles. The Morgan fingerprint density at radius 2 is 1.78 bits per heavy atom. The Morgan fingerprint density at radius 3 is 2.22 bits per heavy atom. The molecule has 0 atom stereocenters. The number of hydrogen-bond donors (Lipinski definition) is 2. The fourth-order valence-electron chi connectivity index (χ4n) is 1.28. The Labute approximate surface area is 56.3 Å². The van der Waals surface area contributed by atoms with E-state index in [4.69, 9.17) is 5.11 Å². The van der Waals surface area contributed by atoms with Crippen LogP contribution in [0.25, 0.3) is 0 Å². The molecule has 0 amide bonds. The number of nitrogens with one attached hydrogen (secondary N) is 1. The summed E-state index contributed by atoms with van der Waals surface area (Å²) in [6.45, 7) is 0. The van der Waals surface area contributed by atoms with Gasteiger partial charge in [-0.1, -0.05) is 0 Å². The molecule has 2 nitrogen and oxygen atoms in total. The Morgan fingerprint density at radius 1 is 1.22 bits per heavy atom. The monoisotopic (exact) mass is 128 g/mol. The van der Waals surface area contributed by atoms with E-state index in [9.17, 15) is 0 Å². The van der Waals surface area contributed by atoms with E-state index in [1.54, 1.807) is 0 Å². The van der Waals surface area contributed by atoms with E-state index >= 15 is 0 Å². The summed E-state index contributed by atoms with van der Waals surface area (Å²) in [5.74, 6) is 0. The largest absolute Gasteiger partial charge is 0.393 e. The lowest BCUT2D eigenvalue weighted by Gasteiger charge is -2.24. The van der Waals surface area contributed by atoms with Gasteiger partial charge in [0.25, 0.3) is 0 Å². The minimum atomic E-state index is -0.0467. The number of hydrogen-bond acceptors (Lipinski definition) is 2. The predicted octanol–water partition coefficient (Wildman–Crippen LogP) is 0.671. The highest BCUT2D eigenvalue weighted by atomic mass is 16.3. The zero-order valence-electron chi connectivity index (χ0n) is 5.64. The van der Waals surface area contributed by atoms with Crippen molar-refractivity contribution in [3.05, 3.63) is 7.05 Å². The molecule has 1 rings (SSSR count). The summed E-state index contributed by atoms with van der Waals surface area (Å²) >= 11 is 0. The maximum Gasteiger partial charge on any atom is 0.0541 e. The molecule has 0 aromatic carbocycles. The highest BCUT2D eigenvalue weighted by Gasteiger charge is 2.16. The minimum Gasteiger partial charge on any atom is -0.393 e. The number of aliphatic hydroxyl groups is 1. The third-order valence-corrected chi connectivity index (χ3v) is 1.99. The second-order valence-electron chi connectivity index (χ2n) is 2.71. The van der Waals surface area contributed by atoms with E-state index in [0.717, 1.165) is 25.7 Å². The molecule has 0 aromatic heterocycles. The van der Waals surface area contributed by atoms with Crippen molar-refractivity contribution in [2.45, 2.75) is 37.8 Å². The van der Waals surface area contributed by atoms with E-state index in [1.165, 1.54) is 0 Å². The van der Waals surface area contributed by atoms with E-state index in [0.29, 0.717) is 6.04 Å². The van der Waals surface area contributed by atoms with Crippen molar-refractivity contribution in [2.24, 2.45) is 0 Å². The Hall–Kier alpha value is -0.0800. The summed E-state index contributed by atoms with van der Waals surface area (Å²) in [5.41, 5.74) is 0. The molecule has 1 fully saturated rings. The van der Waals surface area contributed by atoms with Gasteiger partial charge in [0.2, 0.25) is 0 Å². The van der Waals surface area contributed by atoms with Crippen LogP contribution in [0.15, 0.2) is 0 Å². The van der Waals surface area contributed by atoms with Gasteiger partial charge in [-0.05, 0) is 25.7 Å². The van der Waals surface area contributed by atoms with Crippen LogP contribution in [0.4, 0.5) is 0 Å². The smallest absolute Gasteiger partial charge is 0.0541 e. The van der Waals surface area contributed by atoms with Gasteiger partial charge in [0.15, 0.2) is 0 Å². The van der Waals surface area contributed by atoms with Crippen LogP contribution in [0, 0.1) is 7.05 Å². The second-order valence-corrected chi connectivity index (χ2v) is 2.71. The van der Waals surface area contributed by atoms with Gasteiger partial charge in [0.05, 0.1) is 6.10 Å². The first kappa shape index (κ1) is 7.03. The third kappa shape index (κ3) is 1.95. The van der Waals surface area contributed by atoms with E-state index in [-0.39, 0.29) is 6.10 Å². The molecule has 0 unspecified atom stereocenters. The molecule has 53 valence electrons. The lowest BCUT2D eigenvalue weighted by atomic mass is 9.93. The van der Waals surface area contributed by atoms with Crippen LogP contribution in [0.1, 0.15) is 25.7 Å². The first-order valence-electron chi connectivity index (χ1n) is 3.53. The average molecular weight is 128 g/mol. The SMILES string of the molecule is [CH2]NC1CCC(O)CC1. The average Bonchev–Trinajstić information content (AvgIpc) is 1.90. The van der Waals surface area contributed by atoms with Crippen molar-refractivity contribution < 1.29 is 5.11 Å². The summed E-state index contributed by atoms with van der Waals surface area (Å²) in [5, 5.41) is 12.0. The molecule has 0 spiro atoms. The van der Waals surface area contributed by atoms with Crippen LogP contribution >= 0.6 is 0 Å². The maximum atomic E-state index is 9.07. The molecule has 9 heavy (non-hydrogen) atoms. The van der Waals surface area contributed by atoms with Crippen LogP contribution in [0.5, 0.6) is 0 Å². The van der Waals surface area contributed by atoms with Crippen molar-refractivity contribution in [1.29, 1.82) is 0 Å². The summed E-state index contributed by atoms with van der Waals surface area (Å²) in [4.78, 5) is 0. The lowest BCUT2D eigenvalue weighted by Crippen LogP contribution is -2.30. The van der Waals surface area contributed by atoms with E-state index < -0.39 is 0 Å². The standard InChI is InChI=1S/C7H14NO/c1-8-6-2-4-7(9)5-3-6/h6-9H,1-5H2. The first-order chi connectivity index (χ1) is 4.33. The molecule has 1 aliphatic carbocycles. The molecule has 0 heterocycles. The van der Waals surface area contributed by atoms with Crippen LogP contribution in [-0.2, 0) is 0 Å². The van der Waals surface area contributed by atoms with Gasteiger partial charge in [-0.25, -0.2) is 0 Å². The zero-order chi connectivity index (χ0) is 6.69. The van der Waals surface area contributed by atoms with Crippen LogP contribution in [0.2, 0.25) is 0 Å². The molecule has 0 saturated heterocycles. The quantitative estimate of drug-likeness (QED) is 0.544. The summed E-state index contributed by atoms with van der Waals surface area (Å²) in [6.07, 6.45) is 3.98. The van der Waals surface area contributed by atoms with Crippen LogP contribution in [0.3, 0.4) is 0 Å². The van der Waals surface area contributed by atoms with Crippen LogP contribution < -0.4 is 5.32 Å². The highest BCUT2D eigenvalue weighted by Crippen LogP contribution is 2.17. The molecule has 0 bridgehead atoms. The predicted molar refractivity (Wildman–Crippen MR) is 36.8 cm³/mol. The zero-order valence-corrected chi connectivity index (χ0v) is 5.64. The summed E-state index contributed by atoms with van der Waals surface area (Å²) in [6, 6.07) is 0.549. The molecule has 2 N–H and O–H groups in total. The molecular formula is C7H14NO. The molecular weight excluding hydrogens is 114 g/mol. The van der Waals surface area contributed by atoms with Crippen molar-refractivity contribution in [1.82, 2.24) is 5.32 Å². The molecule has 2 heteroatoms. The van der Waals surface area contributed by atoms with Gasteiger partial charge in [0.1, 0.15) is 0 Å². The maximum absolute atomic E-state index is 9.07.